The molecule has 1 aromatic heterocycles. The summed E-state index contributed by atoms with van der Waals surface area (Å²) in [6, 6.07) is 20.2. The second-order valence-corrected chi connectivity index (χ2v) is 7.91. The number of hydrogen-bond donors (Lipinski definition) is 0. The highest BCUT2D eigenvalue weighted by Crippen LogP contribution is 2.35. The van der Waals surface area contributed by atoms with Crippen LogP contribution < -0.4 is 14.5 Å². The van der Waals surface area contributed by atoms with Crippen molar-refractivity contribution in [3.05, 3.63) is 83.6 Å². The lowest BCUT2D eigenvalue weighted by molar-refractivity contribution is 0.0989. The lowest BCUT2D eigenvalue weighted by atomic mass is 9.97. The Balaban J connectivity index is 1.30. The number of nitrogens with zero attached hydrogens (tertiary/aromatic N) is 3. The Bertz CT molecular complexity index is 1060. The summed E-state index contributed by atoms with van der Waals surface area (Å²) in [5.41, 5.74) is 4.14. The second kappa shape index (κ2) is 7.82. The Morgan fingerprint density at radius 2 is 1.87 bits per heavy atom. The van der Waals surface area contributed by atoms with Gasteiger partial charge in [0.1, 0.15) is 11.6 Å². The van der Waals surface area contributed by atoms with Gasteiger partial charge in [0.25, 0.3) is 5.91 Å². The number of rotatable bonds is 4. The van der Waals surface area contributed by atoms with Crippen LogP contribution in [0.5, 0.6) is 5.75 Å². The Morgan fingerprint density at radius 1 is 1.03 bits per heavy atom. The predicted octanol–water partition coefficient (Wildman–Crippen LogP) is 4.29. The quantitative estimate of drug-likeness (QED) is 0.657. The topological polar surface area (TPSA) is 45.7 Å². The highest BCUT2D eigenvalue weighted by Gasteiger charge is 2.28. The van der Waals surface area contributed by atoms with Crippen LogP contribution in [-0.4, -0.2) is 37.6 Å². The number of anilines is 2. The van der Waals surface area contributed by atoms with E-state index < -0.39 is 0 Å². The van der Waals surface area contributed by atoms with Gasteiger partial charge in [0.15, 0.2) is 0 Å². The number of hydrogen-bond acceptors (Lipinski definition) is 4. The maximum absolute atomic E-state index is 13.0. The van der Waals surface area contributed by atoms with E-state index in [2.05, 4.69) is 28.1 Å². The molecule has 1 fully saturated rings. The zero-order chi connectivity index (χ0) is 20.5. The molecule has 2 aliphatic rings. The summed E-state index contributed by atoms with van der Waals surface area (Å²) < 4.78 is 5.54. The number of aromatic nitrogens is 1. The van der Waals surface area contributed by atoms with Crippen LogP contribution in [0.15, 0.2) is 66.9 Å². The minimum Gasteiger partial charge on any atom is -0.496 e. The number of fused-ring (bicyclic) bond motifs is 1. The van der Waals surface area contributed by atoms with Gasteiger partial charge in [-0.25, -0.2) is 4.98 Å². The van der Waals surface area contributed by atoms with Crippen LogP contribution in [0.1, 0.15) is 33.8 Å². The third-order valence-electron chi connectivity index (χ3n) is 6.22. The largest absolute Gasteiger partial charge is 0.496 e. The van der Waals surface area contributed by atoms with Gasteiger partial charge in [-0.1, -0.05) is 36.4 Å². The monoisotopic (exact) mass is 399 g/mol. The van der Waals surface area contributed by atoms with Crippen LogP contribution in [0.4, 0.5) is 11.5 Å². The first-order valence-corrected chi connectivity index (χ1v) is 10.5. The van der Waals surface area contributed by atoms with Crippen molar-refractivity contribution in [2.75, 3.05) is 36.5 Å². The molecule has 2 aliphatic heterocycles. The molecule has 0 aliphatic carbocycles. The molecule has 0 bridgehead atoms. The van der Waals surface area contributed by atoms with Crippen molar-refractivity contribution < 1.29 is 9.53 Å². The fourth-order valence-corrected chi connectivity index (χ4v) is 4.63. The van der Waals surface area contributed by atoms with E-state index >= 15 is 0 Å². The Morgan fingerprint density at radius 3 is 2.70 bits per heavy atom. The molecule has 0 saturated carbocycles. The number of ether oxygens (including phenoxy) is 1. The number of para-hydroxylation sites is 2. The van der Waals surface area contributed by atoms with Gasteiger partial charge in [0.05, 0.1) is 12.7 Å². The molecule has 0 N–H and O–H groups in total. The minimum absolute atomic E-state index is 0.0207. The van der Waals surface area contributed by atoms with Gasteiger partial charge >= 0.3 is 0 Å². The van der Waals surface area contributed by atoms with Crippen molar-refractivity contribution in [2.24, 2.45) is 0 Å². The zero-order valence-electron chi connectivity index (χ0n) is 17.1. The number of amides is 1. The first kappa shape index (κ1) is 18.7. The lowest BCUT2D eigenvalue weighted by Gasteiger charge is -2.20. The molecule has 152 valence electrons. The Hall–Kier alpha value is -3.34. The van der Waals surface area contributed by atoms with Gasteiger partial charge in [-0.05, 0) is 48.2 Å². The maximum Gasteiger partial charge on any atom is 0.259 e. The van der Waals surface area contributed by atoms with Gasteiger partial charge in [0, 0.05) is 37.4 Å². The Kier molecular flexibility index (Phi) is 4.87. The average Bonchev–Trinajstić information content (AvgIpc) is 3.46. The molecule has 1 atom stereocenters. The standard InChI is InChI=1S/C25H25N3O2/c1-30-23-9-5-3-7-21(23)20-12-14-27(17-20)24-11-10-19(16-26-24)25(29)28-15-13-18-6-2-4-8-22(18)28/h2-11,16,20H,12-15,17H2,1H3. The van der Waals surface area contributed by atoms with E-state index in [1.54, 1.807) is 13.3 Å². The molecule has 5 heteroatoms. The second-order valence-electron chi connectivity index (χ2n) is 7.91. The molecule has 1 amide bonds. The van der Waals surface area contributed by atoms with Gasteiger partial charge in [0.2, 0.25) is 0 Å². The summed E-state index contributed by atoms with van der Waals surface area (Å²) in [7, 11) is 1.72. The van der Waals surface area contributed by atoms with Crippen LogP contribution in [-0.2, 0) is 6.42 Å². The molecule has 3 heterocycles. The van der Waals surface area contributed by atoms with E-state index in [9.17, 15) is 4.79 Å². The number of benzene rings is 2. The molecule has 5 rings (SSSR count). The van der Waals surface area contributed by atoms with Gasteiger partial charge in [-0.15, -0.1) is 0 Å². The normalized spacial score (nSPS) is 17.8. The number of methoxy groups -OCH3 is 1. The van der Waals surface area contributed by atoms with E-state index in [1.807, 2.05) is 47.4 Å². The lowest BCUT2D eigenvalue weighted by Crippen LogP contribution is -2.29. The smallest absolute Gasteiger partial charge is 0.259 e. The number of carbonyl (C=O) groups excluding carboxylic acids is 1. The minimum atomic E-state index is 0.0207. The van der Waals surface area contributed by atoms with E-state index in [0.29, 0.717) is 11.5 Å². The van der Waals surface area contributed by atoms with Crippen LogP contribution in [0.3, 0.4) is 0 Å². The summed E-state index contributed by atoms with van der Waals surface area (Å²) in [6.45, 7) is 2.58. The van der Waals surface area contributed by atoms with Crippen molar-refractivity contribution in [3.8, 4) is 5.75 Å². The highest BCUT2D eigenvalue weighted by molar-refractivity contribution is 6.07. The SMILES string of the molecule is COc1ccccc1C1CCN(c2ccc(C(=O)N3CCc4ccccc43)cn2)C1. The molecule has 3 aromatic rings. The molecule has 0 spiro atoms. The molecule has 30 heavy (non-hydrogen) atoms. The predicted molar refractivity (Wildman–Crippen MR) is 119 cm³/mol. The molecule has 5 nitrogen and oxygen atoms in total. The summed E-state index contributed by atoms with van der Waals surface area (Å²) in [6.07, 6.45) is 3.69. The third kappa shape index (κ3) is 3.30. The van der Waals surface area contributed by atoms with E-state index in [1.165, 1.54) is 11.1 Å². The van der Waals surface area contributed by atoms with E-state index in [0.717, 1.165) is 49.7 Å². The first-order chi connectivity index (χ1) is 14.7. The number of pyridine rings is 1. The van der Waals surface area contributed by atoms with Crippen LogP contribution in [0.2, 0.25) is 0 Å². The van der Waals surface area contributed by atoms with Crippen molar-refractivity contribution >= 4 is 17.4 Å². The molecule has 2 aromatic carbocycles. The summed E-state index contributed by atoms with van der Waals surface area (Å²) in [4.78, 5) is 21.8. The zero-order valence-corrected chi connectivity index (χ0v) is 17.1. The molecule has 1 unspecified atom stereocenters. The van der Waals surface area contributed by atoms with Crippen LogP contribution >= 0.6 is 0 Å². The average molecular weight is 399 g/mol. The van der Waals surface area contributed by atoms with Gasteiger partial charge < -0.3 is 14.5 Å². The first-order valence-electron chi connectivity index (χ1n) is 10.5. The van der Waals surface area contributed by atoms with Crippen molar-refractivity contribution in [2.45, 2.75) is 18.8 Å². The molecule has 1 saturated heterocycles. The van der Waals surface area contributed by atoms with Crippen LogP contribution in [0.25, 0.3) is 0 Å². The summed E-state index contributed by atoms with van der Waals surface area (Å²) >= 11 is 0. The third-order valence-corrected chi connectivity index (χ3v) is 6.22. The summed E-state index contributed by atoms with van der Waals surface area (Å²) in [5, 5.41) is 0. The van der Waals surface area contributed by atoms with Crippen molar-refractivity contribution in [1.82, 2.24) is 4.98 Å². The van der Waals surface area contributed by atoms with E-state index in [4.69, 9.17) is 4.74 Å². The fraction of sp³-hybridized carbons (Fsp3) is 0.280. The fourth-order valence-electron chi connectivity index (χ4n) is 4.63. The van der Waals surface area contributed by atoms with Gasteiger partial charge in [-0.3, -0.25) is 4.79 Å². The van der Waals surface area contributed by atoms with Crippen molar-refractivity contribution in [3.63, 3.8) is 0 Å². The highest BCUT2D eigenvalue weighted by atomic mass is 16.5. The molecule has 0 radical (unpaired) electrons. The summed E-state index contributed by atoms with van der Waals surface area (Å²) in [5.74, 6) is 2.31. The maximum atomic E-state index is 13.0. The van der Waals surface area contributed by atoms with Crippen molar-refractivity contribution in [1.29, 1.82) is 0 Å². The number of carbonyl (C=O) groups is 1. The molecular weight excluding hydrogens is 374 g/mol. The Labute approximate surface area is 176 Å². The van der Waals surface area contributed by atoms with E-state index in [-0.39, 0.29) is 5.91 Å². The molecular formula is C25H25N3O2. The van der Waals surface area contributed by atoms with Gasteiger partial charge in [-0.2, -0.15) is 0 Å². The van der Waals surface area contributed by atoms with Crippen LogP contribution in [0, 0.1) is 0 Å².